The topological polar surface area (TPSA) is 66.8 Å². The van der Waals surface area contributed by atoms with Crippen molar-refractivity contribution in [3.8, 4) is 17.2 Å². The molecule has 6 nitrogen and oxygen atoms in total. The summed E-state index contributed by atoms with van der Waals surface area (Å²) in [5.74, 6) is 1.12. The molecule has 33 heavy (non-hydrogen) atoms. The van der Waals surface area contributed by atoms with E-state index >= 15 is 0 Å². The summed E-state index contributed by atoms with van der Waals surface area (Å²) in [5, 5.41) is 2.79. The maximum Gasteiger partial charge on any atom is 0.353 e. The molecule has 166 valence electrons. The molecule has 0 fully saturated rings. The van der Waals surface area contributed by atoms with E-state index in [2.05, 4.69) is 11.5 Å². The van der Waals surface area contributed by atoms with Crippen LogP contribution >= 0.6 is 11.3 Å². The van der Waals surface area contributed by atoms with Gasteiger partial charge in [-0.15, -0.1) is 11.3 Å². The molecule has 0 radical (unpaired) electrons. The number of fused-ring (bicyclic) bond motifs is 2. The third-order valence-electron chi connectivity index (χ3n) is 5.71. The fourth-order valence-electron chi connectivity index (χ4n) is 3.97. The summed E-state index contributed by atoms with van der Waals surface area (Å²) >= 11 is 1.31. The molecule has 0 amide bonds. The summed E-state index contributed by atoms with van der Waals surface area (Å²) < 4.78 is 19.0. The fourth-order valence-corrected chi connectivity index (χ4v) is 4.57. The van der Waals surface area contributed by atoms with Crippen LogP contribution in [-0.4, -0.2) is 23.4 Å². The van der Waals surface area contributed by atoms with Gasteiger partial charge in [-0.05, 0) is 61.7 Å². The summed E-state index contributed by atoms with van der Waals surface area (Å²) in [7, 11) is 1.63. The number of rotatable bonds is 5. The first kappa shape index (κ1) is 21.0. The molecule has 2 aromatic heterocycles. The number of carbonyl (C=O) groups excluding carboxylic acids is 2. The third-order valence-corrected chi connectivity index (χ3v) is 6.56. The molecular formula is C26H21NO5S. The molecule has 5 rings (SSSR count). The van der Waals surface area contributed by atoms with Crippen LogP contribution in [0.1, 0.15) is 38.1 Å². The number of Topliss-reactive ketones (excluding diaryl/α,β-unsaturated/α-hetero) is 1. The van der Waals surface area contributed by atoms with Crippen LogP contribution in [0.4, 0.5) is 0 Å². The molecule has 7 heteroatoms. The van der Waals surface area contributed by atoms with Crippen LogP contribution in [0.25, 0.3) is 17.0 Å². The normalized spacial score (nSPS) is 13.9. The van der Waals surface area contributed by atoms with Gasteiger partial charge in [0.05, 0.1) is 12.7 Å². The molecule has 4 aromatic rings. The lowest BCUT2D eigenvalue weighted by Crippen LogP contribution is -2.07. The van der Waals surface area contributed by atoms with Gasteiger partial charge in [-0.1, -0.05) is 6.07 Å². The van der Waals surface area contributed by atoms with Crippen LogP contribution in [0.2, 0.25) is 0 Å². The number of hydrogen-bond acceptors (Lipinski definition) is 6. The fraction of sp³-hybridized carbons (Fsp3) is 0.154. The van der Waals surface area contributed by atoms with E-state index in [1.165, 1.54) is 11.3 Å². The molecule has 1 aliphatic rings. The van der Waals surface area contributed by atoms with E-state index in [4.69, 9.17) is 14.2 Å². The molecule has 0 aliphatic carbocycles. The zero-order valence-electron chi connectivity index (χ0n) is 18.4. The number of ketones is 1. The Morgan fingerprint density at radius 3 is 2.79 bits per heavy atom. The second-order valence-corrected chi connectivity index (χ2v) is 8.57. The Kier molecular flexibility index (Phi) is 5.26. The van der Waals surface area contributed by atoms with Gasteiger partial charge < -0.3 is 18.8 Å². The van der Waals surface area contributed by atoms with E-state index in [1.807, 2.05) is 29.8 Å². The van der Waals surface area contributed by atoms with Crippen molar-refractivity contribution < 1.29 is 23.8 Å². The number of methoxy groups -OCH3 is 1. The van der Waals surface area contributed by atoms with Crippen molar-refractivity contribution >= 4 is 40.1 Å². The van der Waals surface area contributed by atoms with Gasteiger partial charge in [0, 0.05) is 34.8 Å². The molecule has 0 saturated heterocycles. The average Bonchev–Trinajstić information content (AvgIpc) is 3.55. The molecular weight excluding hydrogens is 438 g/mol. The second kappa shape index (κ2) is 8.26. The first-order valence-electron chi connectivity index (χ1n) is 10.5. The van der Waals surface area contributed by atoms with Gasteiger partial charge in [0.25, 0.3) is 0 Å². The summed E-state index contributed by atoms with van der Waals surface area (Å²) in [6.45, 7) is 4.63. The Labute approximate surface area is 194 Å². The molecule has 0 saturated carbocycles. The molecule has 0 spiro atoms. The van der Waals surface area contributed by atoms with Crippen molar-refractivity contribution in [2.45, 2.75) is 20.4 Å². The molecule has 0 bridgehead atoms. The average molecular weight is 460 g/mol. The van der Waals surface area contributed by atoms with E-state index < -0.39 is 5.97 Å². The summed E-state index contributed by atoms with van der Waals surface area (Å²) in [6, 6.07) is 12.6. The predicted octanol–water partition coefficient (Wildman–Crippen LogP) is 5.88. The van der Waals surface area contributed by atoms with E-state index in [0.717, 1.165) is 28.8 Å². The van der Waals surface area contributed by atoms with Crippen LogP contribution in [0, 0.1) is 6.92 Å². The van der Waals surface area contributed by atoms with Crippen LogP contribution in [0.15, 0.2) is 59.8 Å². The number of aromatic nitrogens is 1. The van der Waals surface area contributed by atoms with Gasteiger partial charge in [-0.2, -0.15) is 0 Å². The zero-order valence-corrected chi connectivity index (χ0v) is 19.2. The maximum atomic E-state index is 13.1. The van der Waals surface area contributed by atoms with E-state index in [1.54, 1.807) is 44.4 Å². The highest BCUT2D eigenvalue weighted by Gasteiger charge is 2.31. The molecule has 0 unspecified atom stereocenters. The second-order valence-electron chi connectivity index (χ2n) is 7.63. The van der Waals surface area contributed by atoms with Crippen LogP contribution < -0.4 is 14.2 Å². The largest absolute Gasteiger partial charge is 0.497 e. The highest BCUT2D eigenvalue weighted by atomic mass is 32.1. The van der Waals surface area contributed by atoms with Crippen LogP contribution in [-0.2, 0) is 6.54 Å². The number of nitrogens with zero attached hydrogens (tertiary/aromatic N) is 1. The van der Waals surface area contributed by atoms with Crippen molar-refractivity contribution in [2.75, 3.05) is 7.11 Å². The highest BCUT2D eigenvalue weighted by molar-refractivity contribution is 7.12. The first-order chi connectivity index (χ1) is 16.0. The number of benzene rings is 2. The standard InChI is InChI=1S/C26H21NO5S/c1-4-27-14-16(19-13-17(30-3)7-9-20(19)27)12-22-24(28)18-8-10-21(15(2)25(18)31-22)32-26(29)23-6-5-11-33-23/h5-14H,4H2,1-3H3. The number of ether oxygens (including phenoxy) is 3. The number of esters is 1. The Morgan fingerprint density at radius 1 is 1.21 bits per heavy atom. The lowest BCUT2D eigenvalue weighted by molar-refractivity contribution is 0.0738. The zero-order chi connectivity index (χ0) is 23.1. The molecule has 0 N–H and O–H groups in total. The summed E-state index contributed by atoms with van der Waals surface area (Å²) in [6.07, 6.45) is 3.75. The minimum Gasteiger partial charge on any atom is -0.497 e. The van der Waals surface area contributed by atoms with Gasteiger partial charge in [0.15, 0.2) is 5.76 Å². The number of thiophene rings is 1. The van der Waals surface area contributed by atoms with Gasteiger partial charge in [-0.25, -0.2) is 4.79 Å². The SMILES string of the molecule is CCn1cc(C=C2Oc3c(ccc(OC(=O)c4cccs4)c3C)C2=O)c2cc(OC)ccc21. The first-order valence-corrected chi connectivity index (χ1v) is 11.4. The number of carbonyl (C=O) groups is 2. The van der Waals surface area contributed by atoms with E-state index in [-0.39, 0.29) is 11.5 Å². The molecule has 2 aromatic carbocycles. The summed E-state index contributed by atoms with van der Waals surface area (Å²) in [4.78, 5) is 25.9. The predicted molar refractivity (Wildman–Crippen MR) is 128 cm³/mol. The maximum absolute atomic E-state index is 13.1. The van der Waals surface area contributed by atoms with Gasteiger partial charge in [0.1, 0.15) is 22.1 Å². The monoisotopic (exact) mass is 459 g/mol. The lowest BCUT2D eigenvalue weighted by atomic mass is 10.1. The van der Waals surface area contributed by atoms with Crippen molar-refractivity contribution in [3.05, 3.63) is 81.4 Å². The van der Waals surface area contributed by atoms with Crippen molar-refractivity contribution in [1.82, 2.24) is 4.57 Å². The lowest BCUT2D eigenvalue weighted by Gasteiger charge is -2.09. The molecule has 3 heterocycles. The van der Waals surface area contributed by atoms with Crippen molar-refractivity contribution in [3.63, 3.8) is 0 Å². The molecule has 1 aliphatic heterocycles. The minimum atomic E-state index is -0.436. The Balaban J connectivity index is 1.50. The Hall–Kier alpha value is -3.84. The number of aryl methyl sites for hydroxylation is 1. The number of allylic oxidation sites excluding steroid dienone is 1. The van der Waals surface area contributed by atoms with Crippen LogP contribution in [0.5, 0.6) is 17.2 Å². The van der Waals surface area contributed by atoms with Crippen LogP contribution in [0.3, 0.4) is 0 Å². The van der Waals surface area contributed by atoms with Gasteiger partial charge >= 0.3 is 5.97 Å². The Morgan fingerprint density at radius 2 is 2.06 bits per heavy atom. The van der Waals surface area contributed by atoms with Crippen molar-refractivity contribution in [2.24, 2.45) is 0 Å². The highest BCUT2D eigenvalue weighted by Crippen LogP contribution is 2.40. The number of hydrogen-bond donors (Lipinski definition) is 0. The minimum absolute atomic E-state index is 0.204. The van der Waals surface area contributed by atoms with Gasteiger partial charge in [0.2, 0.25) is 5.78 Å². The van der Waals surface area contributed by atoms with E-state index in [9.17, 15) is 9.59 Å². The third kappa shape index (κ3) is 3.60. The van der Waals surface area contributed by atoms with E-state index in [0.29, 0.717) is 27.5 Å². The Bertz CT molecular complexity index is 1430. The molecule has 0 atom stereocenters. The van der Waals surface area contributed by atoms with Crippen molar-refractivity contribution in [1.29, 1.82) is 0 Å². The quantitative estimate of drug-likeness (QED) is 0.212. The smallest absolute Gasteiger partial charge is 0.353 e. The van der Waals surface area contributed by atoms with Gasteiger partial charge in [-0.3, -0.25) is 4.79 Å². The summed E-state index contributed by atoms with van der Waals surface area (Å²) in [5.41, 5.74) is 2.97.